The molecule has 0 aliphatic carbocycles. The van der Waals surface area contributed by atoms with E-state index in [9.17, 15) is 18.0 Å². The van der Waals surface area contributed by atoms with E-state index in [0.29, 0.717) is 6.42 Å². The monoisotopic (exact) mass is 302 g/mol. The summed E-state index contributed by atoms with van der Waals surface area (Å²) >= 11 is 0. The highest BCUT2D eigenvalue weighted by Gasteiger charge is 2.29. The Morgan fingerprint density at radius 2 is 1.90 bits per heavy atom. The van der Waals surface area contributed by atoms with E-state index in [0.717, 1.165) is 12.1 Å². The lowest BCUT2D eigenvalue weighted by Gasteiger charge is -2.17. The van der Waals surface area contributed by atoms with Gasteiger partial charge in [-0.15, -0.1) is 0 Å². The molecule has 0 aliphatic rings. The first-order valence-corrected chi connectivity index (χ1v) is 6.30. The van der Waals surface area contributed by atoms with Crippen LogP contribution < -0.4 is 16.4 Å². The molecule has 0 fully saturated rings. The van der Waals surface area contributed by atoms with E-state index in [1.165, 1.54) is 12.1 Å². The first-order valence-electron chi connectivity index (χ1n) is 6.30. The maximum Gasteiger partial charge on any atom is 0.416 e. The van der Waals surface area contributed by atoms with E-state index in [1.807, 2.05) is 6.92 Å². The number of anilines is 1. The average Bonchev–Trinajstić information content (AvgIpc) is 2.36. The number of amides is 2. The third-order valence-corrected chi connectivity index (χ3v) is 2.76. The van der Waals surface area contributed by atoms with Gasteiger partial charge in [0.1, 0.15) is 0 Å². The fourth-order valence-electron chi connectivity index (χ4n) is 1.66. The molecule has 0 aromatic heterocycles. The summed E-state index contributed by atoms with van der Waals surface area (Å²) in [5.74, 6) is -0.0447. The highest BCUT2D eigenvalue weighted by atomic mass is 19.4. The van der Waals surface area contributed by atoms with Crippen LogP contribution in [0.3, 0.4) is 0 Å². The Morgan fingerprint density at radius 3 is 2.33 bits per heavy atom. The molecule has 0 saturated heterocycles. The molecule has 5 N–H and O–H groups in total. The quantitative estimate of drug-likeness (QED) is 0.497. The first-order chi connectivity index (χ1) is 9.72. The molecular weight excluding hydrogens is 285 g/mol. The summed E-state index contributed by atoms with van der Waals surface area (Å²) in [5, 5.41) is 12.2. The topological polar surface area (TPSA) is 91.0 Å². The standard InChI is InChI=1S/C13H17F3N4O/c1-2-9(7-11(17)18)19-12(21)20-10-5-3-8(4-6-10)13(14,15)16/h3-6,9H,2,7H2,1H3,(H3,17,18)(H2,19,20,21). The van der Waals surface area contributed by atoms with E-state index >= 15 is 0 Å². The summed E-state index contributed by atoms with van der Waals surface area (Å²) in [6.45, 7) is 1.83. The number of nitrogens with two attached hydrogens (primary N) is 1. The number of rotatable bonds is 5. The number of alkyl halides is 3. The number of benzene rings is 1. The van der Waals surface area contributed by atoms with Crippen molar-refractivity contribution in [1.82, 2.24) is 5.32 Å². The van der Waals surface area contributed by atoms with Gasteiger partial charge in [-0.05, 0) is 30.7 Å². The van der Waals surface area contributed by atoms with Crippen LogP contribution in [0.4, 0.5) is 23.7 Å². The fraction of sp³-hybridized carbons (Fsp3) is 0.385. The van der Waals surface area contributed by atoms with Crippen LogP contribution in [0.1, 0.15) is 25.3 Å². The third-order valence-electron chi connectivity index (χ3n) is 2.76. The summed E-state index contributed by atoms with van der Waals surface area (Å²) in [5.41, 5.74) is 4.73. The van der Waals surface area contributed by atoms with Crippen molar-refractivity contribution in [2.24, 2.45) is 5.73 Å². The predicted molar refractivity (Wildman–Crippen MR) is 74.2 cm³/mol. The minimum absolute atomic E-state index is 0.0447. The molecule has 5 nitrogen and oxygen atoms in total. The maximum absolute atomic E-state index is 12.4. The van der Waals surface area contributed by atoms with E-state index in [1.54, 1.807) is 0 Å². The Bertz CT molecular complexity index is 499. The Morgan fingerprint density at radius 1 is 1.33 bits per heavy atom. The molecule has 0 aliphatic heterocycles. The van der Waals surface area contributed by atoms with Gasteiger partial charge in [0.15, 0.2) is 0 Å². The lowest BCUT2D eigenvalue weighted by Crippen LogP contribution is -2.39. The fourth-order valence-corrected chi connectivity index (χ4v) is 1.66. The van der Waals surface area contributed by atoms with Crippen LogP contribution in [0.5, 0.6) is 0 Å². The largest absolute Gasteiger partial charge is 0.416 e. The zero-order chi connectivity index (χ0) is 16.0. The van der Waals surface area contributed by atoms with Crippen molar-refractivity contribution in [3.05, 3.63) is 29.8 Å². The summed E-state index contributed by atoms with van der Waals surface area (Å²) in [4.78, 5) is 11.7. The summed E-state index contributed by atoms with van der Waals surface area (Å²) < 4.78 is 37.2. The van der Waals surface area contributed by atoms with E-state index < -0.39 is 17.8 Å². The molecule has 1 rings (SSSR count). The van der Waals surface area contributed by atoms with Gasteiger partial charge in [0.25, 0.3) is 0 Å². The molecular formula is C13H17F3N4O. The van der Waals surface area contributed by atoms with Crippen LogP contribution in [0.2, 0.25) is 0 Å². The third kappa shape index (κ3) is 5.72. The summed E-state index contributed by atoms with van der Waals surface area (Å²) in [6, 6.07) is 3.29. The van der Waals surface area contributed by atoms with Crippen molar-refractivity contribution in [2.75, 3.05) is 5.32 Å². The number of hydrogen-bond donors (Lipinski definition) is 4. The zero-order valence-corrected chi connectivity index (χ0v) is 11.4. The van der Waals surface area contributed by atoms with Crippen molar-refractivity contribution in [3.63, 3.8) is 0 Å². The van der Waals surface area contributed by atoms with Gasteiger partial charge in [0.2, 0.25) is 0 Å². The molecule has 0 spiro atoms. The normalized spacial score (nSPS) is 12.6. The molecule has 1 aromatic rings. The van der Waals surface area contributed by atoms with Gasteiger partial charge in [-0.25, -0.2) is 4.79 Å². The molecule has 116 valence electrons. The van der Waals surface area contributed by atoms with Gasteiger partial charge in [0.05, 0.1) is 11.4 Å². The van der Waals surface area contributed by atoms with Gasteiger partial charge in [-0.1, -0.05) is 6.92 Å². The molecule has 1 atom stereocenters. The van der Waals surface area contributed by atoms with Crippen molar-refractivity contribution >= 4 is 17.6 Å². The molecule has 2 amide bonds. The SMILES string of the molecule is CCC(CC(=N)N)NC(=O)Nc1ccc(C(F)(F)F)cc1. The van der Waals surface area contributed by atoms with Crippen molar-refractivity contribution in [1.29, 1.82) is 5.41 Å². The van der Waals surface area contributed by atoms with Crippen LogP contribution in [0.25, 0.3) is 0 Å². The lowest BCUT2D eigenvalue weighted by molar-refractivity contribution is -0.137. The smallest absolute Gasteiger partial charge is 0.388 e. The van der Waals surface area contributed by atoms with Crippen LogP contribution in [-0.2, 0) is 6.18 Å². The highest BCUT2D eigenvalue weighted by molar-refractivity contribution is 5.90. The van der Waals surface area contributed by atoms with Crippen molar-refractivity contribution in [3.8, 4) is 0 Å². The lowest BCUT2D eigenvalue weighted by atomic mass is 10.1. The number of hydrogen-bond acceptors (Lipinski definition) is 2. The molecule has 8 heteroatoms. The number of urea groups is 1. The van der Waals surface area contributed by atoms with Gasteiger partial charge in [0, 0.05) is 18.2 Å². The minimum Gasteiger partial charge on any atom is -0.388 e. The van der Waals surface area contributed by atoms with Crippen molar-refractivity contribution < 1.29 is 18.0 Å². The molecule has 1 aromatic carbocycles. The molecule has 0 bridgehead atoms. The number of halogens is 3. The van der Waals surface area contributed by atoms with E-state index in [2.05, 4.69) is 10.6 Å². The Balaban J connectivity index is 2.60. The maximum atomic E-state index is 12.4. The van der Waals surface area contributed by atoms with Gasteiger partial charge < -0.3 is 16.4 Å². The molecule has 21 heavy (non-hydrogen) atoms. The number of amidine groups is 1. The summed E-state index contributed by atoms with van der Waals surface area (Å²) in [7, 11) is 0. The average molecular weight is 302 g/mol. The zero-order valence-electron chi connectivity index (χ0n) is 11.4. The molecule has 0 radical (unpaired) electrons. The van der Waals surface area contributed by atoms with Crippen LogP contribution in [0.15, 0.2) is 24.3 Å². The first kappa shape index (κ1) is 16.8. The molecule has 1 unspecified atom stereocenters. The van der Waals surface area contributed by atoms with Gasteiger partial charge >= 0.3 is 12.2 Å². The second-order valence-corrected chi connectivity index (χ2v) is 4.51. The Kier molecular flexibility index (Phi) is 5.57. The Hall–Kier alpha value is -2.25. The summed E-state index contributed by atoms with van der Waals surface area (Å²) in [6.07, 6.45) is -3.60. The van der Waals surface area contributed by atoms with Gasteiger partial charge in [-0.2, -0.15) is 13.2 Å². The number of carbonyl (C=O) groups is 1. The van der Waals surface area contributed by atoms with Crippen LogP contribution in [0, 0.1) is 5.41 Å². The number of carbonyl (C=O) groups excluding carboxylic acids is 1. The highest BCUT2D eigenvalue weighted by Crippen LogP contribution is 2.29. The molecule has 0 saturated carbocycles. The number of nitrogens with one attached hydrogen (secondary N) is 3. The second-order valence-electron chi connectivity index (χ2n) is 4.51. The second kappa shape index (κ2) is 6.96. The molecule has 0 heterocycles. The van der Waals surface area contributed by atoms with Crippen LogP contribution >= 0.6 is 0 Å². The van der Waals surface area contributed by atoms with Crippen LogP contribution in [-0.4, -0.2) is 17.9 Å². The Labute approximate surface area is 120 Å². The minimum atomic E-state index is -4.41. The van der Waals surface area contributed by atoms with Gasteiger partial charge in [-0.3, -0.25) is 5.41 Å². The van der Waals surface area contributed by atoms with E-state index in [-0.39, 0.29) is 24.0 Å². The predicted octanol–water partition coefficient (Wildman–Crippen LogP) is 2.93. The van der Waals surface area contributed by atoms with E-state index in [4.69, 9.17) is 11.1 Å². The van der Waals surface area contributed by atoms with Crippen molar-refractivity contribution in [2.45, 2.75) is 32.0 Å².